The molecular formula is C9H17N3O. The van der Waals surface area contributed by atoms with E-state index in [1.807, 2.05) is 4.90 Å². The smallest absolute Gasteiger partial charge is 0.231 e. The Morgan fingerprint density at radius 1 is 1.54 bits per heavy atom. The van der Waals surface area contributed by atoms with Crippen LogP contribution in [0, 0.1) is 11.3 Å². The number of unbranched alkanes of at least 4 members (excludes halogenated alkanes) is 1. The molecule has 0 unspecified atom stereocenters. The van der Waals surface area contributed by atoms with Crippen LogP contribution in [0.1, 0.15) is 26.2 Å². The number of primary amides is 1. The molecule has 13 heavy (non-hydrogen) atoms. The molecule has 0 radical (unpaired) electrons. The van der Waals surface area contributed by atoms with E-state index in [9.17, 15) is 4.79 Å². The summed E-state index contributed by atoms with van der Waals surface area (Å²) in [6, 6.07) is 2.05. The van der Waals surface area contributed by atoms with Crippen LogP contribution in [0.4, 0.5) is 0 Å². The van der Waals surface area contributed by atoms with Crippen molar-refractivity contribution in [2.24, 2.45) is 5.73 Å². The fourth-order valence-corrected chi connectivity index (χ4v) is 1.08. The minimum Gasteiger partial charge on any atom is -0.369 e. The molecular weight excluding hydrogens is 166 g/mol. The van der Waals surface area contributed by atoms with Gasteiger partial charge in [-0.1, -0.05) is 13.3 Å². The zero-order valence-electron chi connectivity index (χ0n) is 8.12. The van der Waals surface area contributed by atoms with Gasteiger partial charge < -0.3 is 5.73 Å². The first-order chi connectivity index (χ1) is 6.20. The highest BCUT2D eigenvalue weighted by molar-refractivity contribution is 5.75. The molecule has 0 heterocycles. The second-order valence-corrected chi connectivity index (χ2v) is 3.00. The van der Waals surface area contributed by atoms with Crippen LogP contribution in [-0.4, -0.2) is 30.4 Å². The molecule has 0 fully saturated rings. The van der Waals surface area contributed by atoms with Gasteiger partial charge in [-0.3, -0.25) is 9.69 Å². The Balaban J connectivity index is 3.74. The predicted molar refractivity (Wildman–Crippen MR) is 50.8 cm³/mol. The topological polar surface area (TPSA) is 70.1 Å². The quantitative estimate of drug-likeness (QED) is 0.624. The van der Waals surface area contributed by atoms with Gasteiger partial charge in [0.2, 0.25) is 5.91 Å². The molecule has 0 bridgehead atoms. The van der Waals surface area contributed by atoms with Gasteiger partial charge in [-0.25, -0.2) is 0 Å². The minimum absolute atomic E-state index is 0.266. The summed E-state index contributed by atoms with van der Waals surface area (Å²) in [7, 11) is 0. The lowest BCUT2D eigenvalue weighted by Gasteiger charge is -2.18. The minimum atomic E-state index is -0.325. The van der Waals surface area contributed by atoms with Crippen LogP contribution in [0.3, 0.4) is 0 Å². The van der Waals surface area contributed by atoms with Gasteiger partial charge in [0.1, 0.15) is 0 Å². The first kappa shape index (κ1) is 11.9. The number of carbonyl (C=O) groups excluding carboxylic acids is 1. The molecule has 0 aliphatic carbocycles. The number of hydrogen-bond donors (Lipinski definition) is 1. The number of nitrogens with zero attached hydrogens (tertiary/aromatic N) is 2. The Bertz CT molecular complexity index is 186. The maximum atomic E-state index is 10.6. The van der Waals surface area contributed by atoms with Crippen molar-refractivity contribution in [2.45, 2.75) is 26.2 Å². The molecule has 0 rings (SSSR count). The Labute approximate surface area is 79.3 Å². The van der Waals surface area contributed by atoms with Crippen LogP contribution in [0.2, 0.25) is 0 Å². The van der Waals surface area contributed by atoms with E-state index in [0.717, 1.165) is 19.4 Å². The summed E-state index contributed by atoms with van der Waals surface area (Å²) < 4.78 is 0. The molecule has 0 aromatic carbocycles. The van der Waals surface area contributed by atoms with E-state index in [1.54, 1.807) is 0 Å². The lowest BCUT2D eigenvalue weighted by Crippen LogP contribution is -2.35. The summed E-state index contributed by atoms with van der Waals surface area (Å²) in [6.07, 6.45) is 2.58. The third kappa shape index (κ3) is 7.29. The monoisotopic (exact) mass is 183 g/mol. The molecule has 4 heteroatoms. The Morgan fingerprint density at radius 3 is 2.69 bits per heavy atom. The molecule has 0 saturated heterocycles. The predicted octanol–water partition coefficient (Wildman–Crippen LogP) is 0.487. The number of hydrogen-bond acceptors (Lipinski definition) is 3. The van der Waals surface area contributed by atoms with Crippen molar-refractivity contribution in [1.29, 1.82) is 5.26 Å². The number of nitriles is 1. The van der Waals surface area contributed by atoms with Crippen LogP contribution in [0.5, 0.6) is 0 Å². The second-order valence-electron chi connectivity index (χ2n) is 3.00. The zero-order chi connectivity index (χ0) is 10.1. The summed E-state index contributed by atoms with van der Waals surface area (Å²) >= 11 is 0. The van der Waals surface area contributed by atoms with Crippen molar-refractivity contribution in [3.05, 3.63) is 0 Å². The molecule has 2 N–H and O–H groups in total. The zero-order valence-corrected chi connectivity index (χ0v) is 8.12. The fourth-order valence-electron chi connectivity index (χ4n) is 1.08. The SMILES string of the molecule is CCCCN(CCC#N)CC(N)=O. The Morgan fingerprint density at radius 2 is 2.23 bits per heavy atom. The summed E-state index contributed by atoms with van der Waals surface area (Å²) in [6.45, 7) is 3.84. The number of nitrogens with two attached hydrogens (primary N) is 1. The van der Waals surface area contributed by atoms with E-state index in [-0.39, 0.29) is 12.5 Å². The Hall–Kier alpha value is -1.08. The first-order valence-corrected chi connectivity index (χ1v) is 4.58. The highest BCUT2D eigenvalue weighted by Gasteiger charge is 2.06. The molecule has 74 valence electrons. The van der Waals surface area contributed by atoms with Gasteiger partial charge in [-0.2, -0.15) is 5.26 Å². The number of rotatable bonds is 7. The summed E-state index contributed by atoms with van der Waals surface area (Å²) in [4.78, 5) is 12.6. The van der Waals surface area contributed by atoms with Gasteiger partial charge in [-0.05, 0) is 13.0 Å². The van der Waals surface area contributed by atoms with Crippen molar-refractivity contribution in [2.75, 3.05) is 19.6 Å². The lowest BCUT2D eigenvalue weighted by molar-refractivity contribution is -0.119. The molecule has 0 aromatic heterocycles. The van der Waals surface area contributed by atoms with Crippen LogP contribution >= 0.6 is 0 Å². The molecule has 1 amide bonds. The largest absolute Gasteiger partial charge is 0.369 e. The standard InChI is InChI=1S/C9H17N3O/c1-2-3-6-12(7-4-5-10)8-9(11)13/h2-4,6-8H2,1H3,(H2,11,13). The molecule has 0 aromatic rings. The van der Waals surface area contributed by atoms with E-state index in [4.69, 9.17) is 11.0 Å². The van der Waals surface area contributed by atoms with E-state index in [2.05, 4.69) is 13.0 Å². The lowest BCUT2D eigenvalue weighted by atomic mass is 10.3. The van der Waals surface area contributed by atoms with Crippen LogP contribution in [0.25, 0.3) is 0 Å². The van der Waals surface area contributed by atoms with Crippen molar-refractivity contribution in [3.8, 4) is 6.07 Å². The van der Waals surface area contributed by atoms with Crippen molar-refractivity contribution >= 4 is 5.91 Å². The van der Waals surface area contributed by atoms with Gasteiger partial charge in [0.05, 0.1) is 12.6 Å². The van der Waals surface area contributed by atoms with Crippen molar-refractivity contribution < 1.29 is 4.79 Å². The summed E-state index contributed by atoms with van der Waals surface area (Å²) in [5.41, 5.74) is 5.07. The molecule has 0 spiro atoms. The first-order valence-electron chi connectivity index (χ1n) is 4.58. The average molecular weight is 183 g/mol. The van der Waals surface area contributed by atoms with Gasteiger partial charge in [0.25, 0.3) is 0 Å². The molecule has 0 saturated carbocycles. The van der Waals surface area contributed by atoms with Gasteiger partial charge in [0, 0.05) is 13.0 Å². The van der Waals surface area contributed by atoms with E-state index in [0.29, 0.717) is 13.0 Å². The van der Waals surface area contributed by atoms with Gasteiger partial charge >= 0.3 is 0 Å². The third-order valence-corrected chi connectivity index (χ3v) is 1.75. The molecule has 0 aliphatic rings. The van der Waals surface area contributed by atoms with E-state index < -0.39 is 0 Å². The Kier molecular flexibility index (Phi) is 6.93. The normalized spacial score (nSPS) is 9.92. The maximum absolute atomic E-state index is 10.6. The maximum Gasteiger partial charge on any atom is 0.231 e. The average Bonchev–Trinajstić information content (AvgIpc) is 2.09. The van der Waals surface area contributed by atoms with Crippen molar-refractivity contribution in [3.63, 3.8) is 0 Å². The van der Waals surface area contributed by atoms with Gasteiger partial charge in [0.15, 0.2) is 0 Å². The number of carbonyl (C=O) groups is 1. The van der Waals surface area contributed by atoms with Gasteiger partial charge in [-0.15, -0.1) is 0 Å². The van der Waals surface area contributed by atoms with E-state index in [1.165, 1.54) is 0 Å². The molecule has 0 atom stereocenters. The highest BCUT2D eigenvalue weighted by Crippen LogP contribution is 1.95. The molecule has 0 aliphatic heterocycles. The van der Waals surface area contributed by atoms with E-state index >= 15 is 0 Å². The van der Waals surface area contributed by atoms with Crippen LogP contribution in [-0.2, 0) is 4.79 Å². The molecule has 4 nitrogen and oxygen atoms in total. The number of amides is 1. The third-order valence-electron chi connectivity index (χ3n) is 1.75. The fraction of sp³-hybridized carbons (Fsp3) is 0.778. The van der Waals surface area contributed by atoms with Crippen LogP contribution < -0.4 is 5.73 Å². The van der Waals surface area contributed by atoms with Crippen molar-refractivity contribution in [1.82, 2.24) is 4.90 Å². The highest BCUT2D eigenvalue weighted by atomic mass is 16.1. The second kappa shape index (κ2) is 7.56. The van der Waals surface area contributed by atoms with Crippen LogP contribution in [0.15, 0.2) is 0 Å². The summed E-state index contributed by atoms with van der Waals surface area (Å²) in [5.74, 6) is -0.325. The summed E-state index contributed by atoms with van der Waals surface area (Å²) in [5, 5.41) is 8.38.